The molecule has 0 atom stereocenters. The average Bonchev–Trinajstić information content (AvgIpc) is 3.10. The summed E-state index contributed by atoms with van der Waals surface area (Å²) < 4.78 is 31.9. The van der Waals surface area contributed by atoms with Gasteiger partial charge < -0.3 is 15.1 Å². The van der Waals surface area contributed by atoms with Crippen LogP contribution in [0.1, 0.15) is 16.1 Å². The van der Waals surface area contributed by atoms with Gasteiger partial charge in [-0.15, -0.1) is 0 Å². The van der Waals surface area contributed by atoms with Crippen molar-refractivity contribution in [3.05, 3.63) is 52.9 Å². The third-order valence-electron chi connectivity index (χ3n) is 4.08. The Morgan fingerprint density at radius 3 is 2.48 bits per heavy atom. The largest absolute Gasteiger partial charge is 0.467 e. The van der Waals surface area contributed by atoms with Crippen LogP contribution in [0.4, 0.5) is 0 Å². The Bertz CT molecular complexity index is 873. The van der Waals surface area contributed by atoms with E-state index in [4.69, 9.17) is 21.8 Å². The summed E-state index contributed by atoms with van der Waals surface area (Å²) in [4.78, 5) is 14.1. The summed E-state index contributed by atoms with van der Waals surface area (Å²) in [6.07, 6.45) is 1.37. The molecule has 1 aliphatic heterocycles. The predicted molar refractivity (Wildman–Crippen MR) is 92.7 cm³/mol. The molecule has 0 aliphatic carbocycles. The number of hydrogen-bond acceptors (Lipinski definition) is 5. The number of carbonyl (C=O) groups is 1. The van der Waals surface area contributed by atoms with Crippen molar-refractivity contribution < 1.29 is 17.6 Å². The lowest BCUT2D eigenvalue weighted by Gasteiger charge is -2.33. The summed E-state index contributed by atoms with van der Waals surface area (Å²) in [7, 11) is -3.68. The molecule has 25 heavy (non-hydrogen) atoms. The highest BCUT2D eigenvalue weighted by atomic mass is 35.5. The van der Waals surface area contributed by atoms with E-state index in [1.54, 1.807) is 29.2 Å². The molecule has 1 aromatic heterocycles. The van der Waals surface area contributed by atoms with Crippen molar-refractivity contribution >= 4 is 27.5 Å². The number of nitrogens with two attached hydrogens (primary N) is 1. The van der Waals surface area contributed by atoms with Crippen molar-refractivity contribution in [2.24, 2.45) is 5.73 Å². The molecule has 0 radical (unpaired) electrons. The van der Waals surface area contributed by atoms with Gasteiger partial charge in [0.15, 0.2) is 0 Å². The molecule has 2 aromatic rings. The molecule has 0 spiro atoms. The molecular weight excluding hydrogens is 366 g/mol. The normalized spacial score (nSPS) is 16.2. The van der Waals surface area contributed by atoms with E-state index in [9.17, 15) is 13.2 Å². The van der Waals surface area contributed by atoms with Crippen LogP contribution in [0.3, 0.4) is 0 Å². The van der Waals surface area contributed by atoms with Crippen LogP contribution in [0.5, 0.6) is 0 Å². The standard InChI is InChI=1S/C16H18ClN3O4S/c17-14-3-1-2-4-15(14)25(22,23)20-7-5-19(6-8-20)16(21)12-9-13(10-18)24-11-12/h1-4,9,11H,5-8,10,18H2. The lowest BCUT2D eigenvalue weighted by molar-refractivity contribution is 0.0697. The van der Waals surface area contributed by atoms with Crippen molar-refractivity contribution in [1.82, 2.24) is 9.21 Å². The number of nitrogens with zero attached hydrogens (tertiary/aromatic N) is 2. The van der Waals surface area contributed by atoms with Crippen LogP contribution >= 0.6 is 11.6 Å². The molecule has 2 N–H and O–H groups in total. The zero-order valence-electron chi connectivity index (χ0n) is 13.4. The zero-order chi connectivity index (χ0) is 18.0. The highest BCUT2D eigenvalue weighted by Crippen LogP contribution is 2.25. The van der Waals surface area contributed by atoms with Crippen molar-refractivity contribution in [2.45, 2.75) is 11.4 Å². The summed E-state index contributed by atoms with van der Waals surface area (Å²) in [6, 6.07) is 7.94. The van der Waals surface area contributed by atoms with Crippen molar-refractivity contribution in [1.29, 1.82) is 0 Å². The SMILES string of the molecule is NCc1cc(C(=O)N2CCN(S(=O)(=O)c3ccccc3Cl)CC2)co1. The molecule has 3 rings (SSSR count). The van der Waals surface area contributed by atoms with Gasteiger partial charge in [0.1, 0.15) is 16.9 Å². The zero-order valence-corrected chi connectivity index (χ0v) is 15.0. The van der Waals surface area contributed by atoms with E-state index in [2.05, 4.69) is 0 Å². The monoisotopic (exact) mass is 383 g/mol. The van der Waals surface area contributed by atoms with Gasteiger partial charge in [0.2, 0.25) is 10.0 Å². The van der Waals surface area contributed by atoms with Crippen molar-refractivity contribution in [3.8, 4) is 0 Å². The number of sulfonamides is 1. The number of amides is 1. The molecule has 1 fully saturated rings. The fourth-order valence-corrected chi connectivity index (χ4v) is 4.62. The first-order valence-electron chi connectivity index (χ1n) is 7.75. The molecule has 2 heterocycles. The Balaban J connectivity index is 1.69. The van der Waals surface area contributed by atoms with Crippen molar-refractivity contribution in [3.63, 3.8) is 0 Å². The Labute approximate surface area is 151 Å². The van der Waals surface area contributed by atoms with Crippen LogP contribution in [0.2, 0.25) is 5.02 Å². The number of rotatable bonds is 4. The van der Waals surface area contributed by atoms with Gasteiger partial charge in [-0.05, 0) is 18.2 Å². The number of carbonyl (C=O) groups excluding carboxylic acids is 1. The summed E-state index contributed by atoms with van der Waals surface area (Å²) in [6.45, 7) is 1.23. The molecule has 1 aliphatic rings. The fraction of sp³-hybridized carbons (Fsp3) is 0.312. The van der Waals surface area contributed by atoms with Crippen LogP contribution in [0.25, 0.3) is 0 Å². The van der Waals surface area contributed by atoms with Crippen molar-refractivity contribution in [2.75, 3.05) is 26.2 Å². The Kier molecular flexibility index (Phi) is 5.14. The van der Waals surface area contributed by atoms with Gasteiger partial charge in [-0.3, -0.25) is 4.79 Å². The Morgan fingerprint density at radius 2 is 1.88 bits per heavy atom. The number of furan rings is 1. The van der Waals surface area contributed by atoms with E-state index < -0.39 is 10.0 Å². The van der Waals surface area contributed by atoms with Gasteiger partial charge in [0.25, 0.3) is 5.91 Å². The van der Waals surface area contributed by atoms with Crippen LogP contribution < -0.4 is 5.73 Å². The van der Waals surface area contributed by atoms with Gasteiger partial charge in [-0.2, -0.15) is 4.31 Å². The molecule has 0 unspecified atom stereocenters. The maximum absolute atomic E-state index is 12.7. The summed E-state index contributed by atoms with van der Waals surface area (Å²) in [5.74, 6) is 0.335. The molecule has 0 bridgehead atoms. The van der Waals surface area contributed by atoms with E-state index in [1.807, 2.05) is 0 Å². The number of benzene rings is 1. The molecule has 0 saturated carbocycles. The smallest absolute Gasteiger partial charge is 0.257 e. The number of piperazine rings is 1. The Hall–Kier alpha value is -1.87. The Morgan fingerprint density at radius 1 is 1.20 bits per heavy atom. The lowest BCUT2D eigenvalue weighted by Crippen LogP contribution is -2.50. The molecule has 7 nitrogen and oxygen atoms in total. The first-order valence-corrected chi connectivity index (χ1v) is 9.56. The second-order valence-electron chi connectivity index (χ2n) is 5.63. The lowest BCUT2D eigenvalue weighted by atomic mass is 10.2. The first-order chi connectivity index (χ1) is 11.9. The molecule has 9 heteroatoms. The van der Waals surface area contributed by atoms with Gasteiger partial charge in [0, 0.05) is 26.2 Å². The minimum Gasteiger partial charge on any atom is -0.467 e. The summed E-state index contributed by atoms with van der Waals surface area (Å²) >= 11 is 6.01. The van der Waals surface area contributed by atoms with E-state index in [0.717, 1.165) is 0 Å². The van der Waals surface area contributed by atoms with E-state index in [-0.39, 0.29) is 35.5 Å². The van der Waals surface area contributed by atoms with Gasteiger partial charge >= 0.3 is 0 Å². The van der Waals surface area contributed by atoms with E-state index in [1.165, 1.54) is 16.6 Å². The van der Waals surface area contributed by atoms with Crippen LogP contribution in [0.15, 0.2) is 45.9 Å². The maximum atomic E-state index is 12.7. The molecule has 134 valence electrons. The molecule has 1 saturated heterocycles. The topological polar surface area (TPSA) is 96.9 Å². The molecule has 1 aromatic carbocycles. The second-order valence-corrected chi connectivity index (χ2v) is 7.95. The first kappa shape index (κ1) is 17.9. The summed E-state index contributed by atoms with van der Waals surface area (Å²) in [5.41, 5.74) is 5.89. The van der Waals surface area contributed by atoms with Crippen LogP contribution in [-0.2, 0) is 16.6 Å². The van der Waals surface area contributed by atoms with Crippen LogP contribution in [-0.4, -0.2) is 49.7 Å². The van der Waals surface area contributed by atoms with Crippen LogP contribution in [0, 0.1) is 0 Å². The van der Waals surface area contributed by atoms with Gasteiger partial charge in [-0.25, -0.2) is 8.42 Å². The average molecular weight is 384 g/mol. The van der Waals surface area contributed by atoms with Gasteiger partial charge in [0.05, 0.1) is 17.1 Å². The highest BCUT2D eigenvalue weighted by molar-refractivity contribution is 7.89. The molecule has 1 amide bonds. The van der Waals surface area contributed by atoms with E-state index >= 15 is 0 Å². The molecular formula is C16H18ClN3O4S. The number of hydrogen-bond donors (Lipinski definition) is 1. The maximum Gasteiger partial charge on any atom is 0.257 e. The quantitative estimate of drug-likeness (QED) is 0.863. The van der Waals surface area contributed by atoms with Gasteiger partial charge in [-0.1, -0.05) is 23.7 Å². The minimum absolute atomic E-state index is 0.0823. The third kappa shape index (κ3) is 3.57. The highest BCUT2D eigenvalue weighted by Gasteiger charge is 2.31. The second kappa shape index (κ2) is 7.17. The van der Waals surface area contributed by atoms with E-state index in [0.29, 0.717) is 24.4 Å². The summed E-state index contributed by atoms with van der Waals surface area (Å²) in [5, 5.41) is 0.189. The predicted octanol–water partition coefficient (Wildman–Crippen LogP) is 1.54. The fourth-order valence-electron chi connectivity index (χ4n) is 2.71. The third-order valence-corrected chi connectivity index (χ3v) is 6.48. The minimum atomic E-state index is -3.68. The number of halogens is 1.